The molecule has 0 atom stereocenters. The minimum atomic E-state index is 0.148. The third kappa shape index (κ3) is 5.11. The summed E-state index contributed by atoms with van der Waals surface area (Å²) in [5, 5.41) is 0.591. The standard InChI is InChI=1S/C17H20BrClN2OS/c1-17(2,3)12-5-7-14(8-6-12)23-21(11-22-4)15-9-13(19)10-20-16(15)18/h5-10H,11H2,1-4H3. The Balaban J connectivity index is 2.24. The predicted molar refractivity (Wildman–Crippen MR) is 102 cm³/mol. The molecule has 6 heteroatoms. The average Bonchev–Trinajstić information content (AvgIpc) is 2.49. The molecule has 23 heavy (non-hydrogen) atoms. The molecule has 0 fully saturated rings. The van der Waals surface area contributed by atoms with Crippen LogP contribution < -0.4 is 4.31 Å². The molecule has 1 aromatic carbocycles. The zero-order valence-corrected chi connectivity index (χ0v) is 16.8. The Morgan fingerprint density at radius 3 is 2.48 bits per heavy atom. The summed E-state index contributed by atoms with van der Waals surface area (Å²) in [7, 11) is 1.67. The molecular weight excluding hydrogens is 396 g/mol. The molecular formula is C17H20BrClN2OS. The van der Waals surface area contributed by atoms with Gasteiger partial charge in [-0.2, -0.15) is 0 Å². The van der Waals surface area contributed by atoms with Crippen molar-refractivity contribution in [3.05, 3.63) is 51.7 Å². The summed E-state index contributed by atoms with van der Waals surface area (Å²) in [6.45, 7) is 7.05. The smallest absolute Gasteiger partial charge is 0.130 e. The first-order valence-electron chi connectivity index (χ1n) is 7.17. The maximum Gasteiger partial charge on any atom is 0.130 e. The SMILES string of the molecule is COCN(Sc1ccc(C(C)(C)C)cc1)c1cc(Cl)cnc1Br. The fraction of sp³-hybridized carbons (Fsp3) is 0.353. The molecule has 3 nitrogen and oxygen atoms in total. The van der Waals surface area contributed by atoms with Gasteiger partial charge in [0.2, 0.25) is 0 Å². The zero-order chi connectivity index (χ0) is 17.0. The van der Waals surface area contributed by atoms with E-state index < -0.39 is 0 Å². The van der Waals surface area contributed by atoms with Crippen LogP contribution in [-0.4, -0.2) is 18.8 Å². The molecule has 0 spiro atoms. The van der Waals surface area contributed by atoms with E-state index in [1.54, 1.807) is 25.3 Å². The van der Waals surface area contributed by atoms with Crippen molar-refractivity contribution in [2.45, 2.75) is 31.1 Å². The van der Waals surface area contributed by atoms with Gasteiger partial charge in [-0.25, -0.2) is 4.98 Å². The first-order valence-corrected chi connectivity index (χ1v) is 9.11. The highest BCUT2D eigenvalue weighted by atomic mass is 79.9. The number of hydrogen-bond donors (Lipinski definition) is 0. The van der Waals surface area contributed by atoms with Crippen LogP contribution in [-0.2, 0) is 10.2 Å². The summed E-state index contributed by atoms with van der Waals surface area (Å²) < 4.78 is 8.06. The number of hydrogen-bond acceptors (Lipinski definition) is 4. The molecule has 2 aromatic rings. The number of methoxy groups -OCH3 is 1. The lowest BCUT2D eigenvalue weighted by molar-refractivity contribution is 0.211. The Morgan fingerprint density at radius 2 is 1.91 bits per heavy atom. The van der Waals surface area contributed by atoms with Crippen LogP contribution in [0.4, 0.5) is 5.69 Å². The quantitative estimate of drug-likeness (QED) is 0.344. The van der Waals surface area contributed by atoms with Crippen molar-refractivity contribution >= 4 is 45.2 Å². The van der Waals surface area contributed by atoms with Gasteiger partial charge in [-0.05, 0) is 57.1 Å². The highest BCUT2D eigenvalue weighted by Crippen LogP contribution is 2.35. The first kappa shape index (κ1) is 18.6. The Hall–Kier alpha value is -0.750. The number of halogens is 2. The van der Waals surface area contributed by atoms with E-state index in [2.05, 4.69) is 66.0 Å². The fourth-order valence-corrected chi connectivity index (χ4v) is 3.60. The average molecular weight is 416 g/mol. The maximum absolute atomic E-state index is 6.07. The number of aromatic nitrogens is 1. The molecule has 0 aliphatic rings. The van der Waals surface area contributed by atoms with Crippen molar-refractivity contribution in [3.8, 4) is 0 Å². The minimum absolute atomic E-state index is 0.148. The molecule has 2 rings (SSSR count). The van der Waals surface area contributed by atoms with E-state index in [0.29, 0.717) is 11.8 Å². The summed E-state index contributed by atoms with van der Waals surface area (Å²) in [4.78, 5) is 5.37. The van der Waals surface area contributed by atoms with Gasteiger partial charge < -0.3 is 4.74 Å². The molecule has 0 saturated carbocycles. The number of nitrogens with zero attached hydrogens (tertiary/aromatic N) is 2. The van der Waals surface area contributed by atoms with Crippen molar-refractivity contribution in [1.82, 2.24) is 4.98 Å². The van der Waals surface area contributed by atoms with Crippen molar-refractivity contribution in [2.24, 2.45) is 0 Å². The molecule has 0 aliphatic carbocycles. The molecule has 1 aromatic heterocycles. The van der Waals surface area contributed by atoms with Crippen molar-refractivity contribution in [1.29, 1.82) is 0 Å². The largest absolute Gasteiger partial charge is 0.363 e. The second kappa shape index (κ2) is 7.88. The van der Waals surface area contributed by atoms with Crippen molar-refractivity contribution in [2.75, 3.05) is 18.1 Å². The lowest BCUT2D eigenvalue weighted by Crippen LogP contribution is -2.18. The van der Waals surface area contributed by atoms with Gasteiger partial charge in [-0.15, -0.1) is 0 Å². The summed E-state index contributed by atoms with van der Waals surface area (Å²) in [5.41, 5.74) is 2.34. The molecule has 0 radical (unpaired) electrons. The molecule has 124 valence electrons. The predicted octanol–water partition coefficient (Wildman–Crippen LogP) is 5.91. The summed E-state index contributed by atoms with van der Waals surface area (Å²) in [6, 6.07) is 10.4. The van der Waals surface area contributed by atoms with Crippen molar-refractivity contribution in [3.63, 3.8) is 0 Å². The fourth-order valence-electron chi connectivity index (χ4n) is 1.99. The summed E-state index contributed by atoms with van der Waals surface area (Å²) in [6.07, 6.45) is 1.61. The van der Waals surface area contributed by atoms with Crippen LogP contribution in [0.3, 0.4) is 0 Å². The Bertz CT molecular complexity index is 659. The van der Waals surface area contributed by atoms with Gasteiger partial charge >= 0.3 is 0 Å². The number of benzene rings is 1. The van der Waals surface area contributed by atoms with Crippen LogP contribution >= 0.6 is 39.5 Å². The van der Waals surface area contributed by atoms with Gasteiger partial charge in [0.1, 0.15) is 11.3 Å². The molecule has 0 bridgehead atoms. The Kier molecular flexibility index (Phi) is 6.37. The van der Waals surface area contributed by atoms with E-state index >= 15 is 0 Å². The Morgan fingerprint density at radius 1 is 1.26 bits per heavy atom. The van der Waals surface area contributed by atoms with Crippen LogP contribution in [0.25, 0.3) is 0 Å². The third-order valence-electron chi connectivity index (χ3n) is 3.24. The molecule has 1 heterocycles. The van der Waals surface area contributed by atoms with E-state index in [4.69, 9.17) is 16.3 Å². The third-order valence-corrected chi connectivity index (χ3v) is 5.06. The van der Waals surface area contributed by atoms with E-state index in [-0.39, 0.29) is 5.41 Å². The van der Waals surface area contributed by atoms with Crippen LogP contribution in [0.1, 0.15) is 26.3 Å². The maximum atomic E-state index is 6.07. The minimum Gasteiger partial charge on any atom is -0.363 e. The molecule has 0 N–H and O–H groups in total. The first-order chi connectivity index (χ1) is 10.8. The molecule has 0 saturated heterocycles. The highest BCUT2D eigenvalue weighted by molar-refractivity contribution is 9.10. The van der Waals surface area contributed by atoms with Crippen LogP contribution in [0, 0.1) is 0 Å². The monoisotopic (exact) mass is 414 g/mol. The van der Waals surface area contributed by atoms with E-state index in [1.807, 2.05) is 10.4 Å². The molecule has 0 aliphatic heterocycles. The normalized spacial score (nSPS) is 11.6. The summed E-state index contributed by atoms with van der Waals surface area (Å²) >= 11 is 11.1. The second-order valence-electron chi connectivity index (χ2n) is 6.13. The van der Waals surface area contributed by atoms with E-state index in [1.165, 1.54) is 5.56 Å². The number of ether oxygens (including phenoxy) is 1. The van der Waals surface area contributed by atoms with Gasteiger partial charge in [0.25, 0.3) is 0 Å². The molecule has 0 amide bonds. The number of rotatable bonds is 5. The highest BCUT2D eigenvalue weighted by Gasteiger charge is 2.16. The van der Waals surface area contributed by atoms with Gasteiger partial charge in [-0.1, -0.05) is 44.5 Å². The molecule has 0 unspecified atom stereocenters. The number of anilines is 1. The van der Waals surface area contributed by atoms with Crippen LogP contribution in [0.15, 0.2) is 46.0 Å². The van der Waals surface area contributed by atoms with Crippen molar-refractivity contribution < 1.29 is 4.74 Å². The van der Waals surface area contributed by atoms with Gasteiger partial charge in [0.15, 0.2) is 0 Å². The van der Waals surface area contributed by atoms with Crippen LogP contribution in [0.5, 0.6) is 0 Å². The number of pyridine rings is 1. The van der Waals surface area contributed by atoms with Gasteiger partial charge in [0, 0.05) is 18.2 Å². The zero-order valence-electron chi connectivity index (χ0n) is 13.6. The topological polar surface area (TPSA) is 25.4 Å². The van der Waals surface area contributed by atoms with E-state index in [0.717, 1.165) is 15.2 Å². The van der Waals surface area contributed by atoms with E-state index in [9.17, 15) is 0 Å². The van der Waals surface area contributed by atoms with Gasteiger partial charge in [-0.3, -0.25) is 4.31 Å². The second-order valence-corrected chi connectivity index (χ2v) is 8.41. The Labute approximate surface area is 155 Å². The lowest BCUT2D eigenvalue weighted by atomic mass is 9.87. The van der Waals surface area contributed by atoms with Gasteiger partial charge in [0.05, 0.1) is 10.7 Å². The van der Waals surface area contributed by atoms with Crippen LogP contribution in [0.2, 0.25) is 5.02 Å². The lowest BCUT2D eigenvalue weighted by Gasteiger charge is -2.24. The summed E-state index contributed by atoms with van der Waals surface area (Å²) in [5.74, 6) is 0.